The van der Waals surface area contributed by atoms with Crippen molar-refractivity contribution >= 4 is 11.9 Å². The Bertz CT molecular complexity index is 1390. The largest absolute Gasteiger partial charge is 0.461 e. The van der Waals surface area contributed by atoms with Crippen molar-refractivity contribution in [1.29, 1.82) is 0 Å². The lowest BCUT2D eigenvalue weighted by atomic mass is 9.62. The number of carbonyl (C=O) groups is 1. The zero-order chi connectivity index (χ0) is 29.0. The third kappa shape index (κ3) is 4.63. The number of ether oxygens (including phenoxy) is 2. The molecule has 1 spiro atoms. The molecule has 4 fully saturated rings. The molecule has 2 aliphatic carbocycles. The fourth-order valence-corrected chi connectivity index (χ4v) is 9.68. The third-order valence-electron chi connectivity index (χ3n) is 11.7. The van der Waals surface area contributed by atoms with Gasteiger partial charge in [0.1, 0.15) is 19.0 Å². The van der Waals surface area contributed by atoms with Crippen molar-refractivity contribution in [1.82, 2.24) is 19.8 Å². The van der Waals surface area contributed by atoms with E-state index >= 15 is 0 Å². The van der Waals surface area contributed by atoms with E-state index in [0.29, 0.717) is 25.7 Å². The molecule has 5 heterocycles. The molecular weight excluding hydrogens is 538 g/mol. The number of aromatic nitrogens is 2. The molecule has 4 aliphatic heterocycles. The SMILES string of the molecule is C=CCOC(=O)N1C[C@H]2CC[C@@H](C1)N2c1nc(OCC23CCCN2CCC3)nc2c1CCC1(CCCc3ccccc31)C2. The minimum Gasteiger partial charge on any atom is -0.461 e. The number of aryl methyl sites for hydroxylation is 1. The second kappa shape index (κ2) is 10.8. The van der Waals surface area contributed by atoms with Gasteiger partial charge in [-0.05, 0) is 101 Å². The highest BCUT2D eigenvalue weighted by molar-refractivity contribution is 5.69. The summed E-state index contributed by atoms with van der Waals surface area (Å²) in [6, 6.07) is 10.1. The molecule has 0 N–H and O–H groups in total. The molecule has 0 saturated carbocycles. The fraction of sp³-hybridized carbons (Fsp3) is 0.629. The molecule has 1 aromatic heterocycles. The molecule has 43 heavy (non-hydrogen) atoms. The van der Waals surface area contributed by atoms with Crippen molar-refractivity contribution in [3.05, 3.63) is 59.3 Å². The number of piperazine rings is 1. The number of nitrogens with zero attached hydrogens (tertiary/aromatic N) is 5. The lowest BCUT2D eigenvalue weighted by Crippen LogP contribution is -2.56. The van der Waals surface area contributed by atoms with Gasteiger partial charge in [-0.2, -0.15) is 9.97 Å². The maximum absolute atomic E-state index is 12.8. The first-order chi connectivity index (χ1) is 21.1. The Labute approximate surface area is 255 Å². The summed E-state index contributed by atoms with van der Waals surface area (Å²) >= 11 is 0. The minimum atomic E-state index is -0.236. The van der Waals surface area contributed by atoms with Crippen molar-refractivity contribution in [2.24, 2.45) is 0 Å². The highest BCUT2D eigenvalue weighted by atomic mass is 16.6. The molecule has 4 saturated heterocycles. The summed E-state index contributed by atoms with van der Waals surface area (Å²) in [5.41, 5.74) is 5.84. The van der Waals surface area contributed by atoms with Gasteiger partial charge in [-0.15, -0.1) is 0 Å². The van der Waals surface area contributed by atoms with Gasteiger partial charge in [-0.25, -0.2) is 4.79 Å². The van der Waals surface area contributed by atoms with Crippen LogP contribution < -0.4 is 9.64 Å². The average Bonchev–Trinajstić information content (AvgIpc) is 3.69. The van der Waals surface area contributed by atoms with E-state index in [2.05, 4.69) is 40.6 Å². The summed E-state index contributed by atoms with van der Waals surface area (Å²) in [6.45, 7) is 8.31. The smallest absolute Gasteiger partial charge is 0.410 e. The van der Waals surface area contributed by atoms with Gasteiger partial charge < -0.3 is 19.3 Å². The molecule has 6 aliphatic rings. The molecule has 0 radical (unpaired) electrons. The van der Waals surface area contributed by atoms with E-state index in [-0.39, 0.29) is 35.7 Å². The first-order valence-electron chi connectivity index (χ1n) is 16.7. The molecule has 8 heteroatoms. The second-order valence-electron chi connectivity index (χ2n) is 14.0. The molecule has 2 aromatic rings. The number of hydrogen-bond acceptors (Lipinski definition) is 7. The van der Waals surface area contributed by atoms with E-state index in [1.54, 1.807) is 6.08 Å². The van der Waals surface area contributed by atoms with Crippen LogP contribution >= 0.6 is 0 Å². The Balaban J connectivity index is 1.13. The molecule has 1 unspecified atom stereocenters. The van der Waals surface area contributed by atoms with E-state index in [1.807, 2.05) is 4.90 Å². The van der Waals surface area contributed by atoms with Crippen LogP contribution in [0.4, 0.5) is 10.6 Å². The van der Waals surface area contributed by atoms with Gasteiger partial charge >= 0.3 is 12.1 Å². The lowest BCUT2D eigenvalue weighted by Gasteiger charge is -2.45. The van der Waals surface area contributed by atoms with Crippen molar-refractivity contribution in [3.63, 3.8) is 0 Å². The summed E-state index contributed by atoms with van der Waals surface area (Å²) in [5.74, 6) is 1.07. The molecule has 3 atom stereocenters. The van der Waals surface area contributed by atoms with E-state index < -0.39 is 0 Å². The Morgan fingerprint density at radius 2 is 1.79 bits per heavy atom. The molecular formula is C35H45N5O3. The first kappa shape index (κ1) is 27.4. The maximum Gasteiger partial charge on any atom is 0.410 e. The van der Waals surface area contributed by atoms with Crippen molar-refractivity contribution in [2.45, 2.75) is 100 Å². The van der Waals surface area contributed by atoms with E-state index in [4.69, 9.17) is 19.4 Å². The number of anilines is 1. The van der Waals surface area contributed by atoms with Gasteiger partial charge in [-0.3, -0.25) is 4.90 Å². The third-order valence-corrected chi connectivity index (χ3v) is 11.7. The van der Waals surface area contributed by atoms with Crippen molar-refractivity contribution < 1.29 is 14.3 Å². The van der Waals surface area contributed by atoms with Gasteiger partial charge in [0.05, 0.1) is 11.2 Å². The molecule has 228 valence electrons. The predicted molar refractivity (Wildman–Crippen MR) is 166 cm³/mol. The van der Waals surface area contributed by atoms with Crippen molar-refractivity contribution in [3.8, 4) is 6.01 Å². The number of hydrogen-bond donors (Lipinski definition) is 0. The molecule has 8 nitrogen and oxygen atoms in total. The molecule has 1 amide bonds. The lowest BCUT2D eigenvalue weighted by molar-refractivity contribution is 0.102. The van der Waals surface area contributed by atoms with Crippen LogP contribution in [0.15, 0.2) is 36.9 Å². The number of amides is 1. The number of likely N-dealkylation sites (tertiary alicyclic amines) is 1. The normalized spacial score (nSPS) is 28.8. The van der Waals surface area contributed by atoms with Crippen LogP contribution in [0.3, 0.4) is 0 Å². The summed E-state index contributed by atoms with van der Waals surface area (Å²) < 4.78 is 12.1. The van der Waals surface area contributed by atoms with Gasteiger partial charge in [0.2, 0.25) is 0 Å². The average molecular weight is 584 g/mol. The first-order valence-corrected chi connectivity index (χ1v) is 16.7. The number of benzene rings is 1. The van der Waals surface area contributed by atoms with E-state index in [1.165, 1.54) is 80.4 Å². The Morgan fingerprint density at radius 1 is 1.00 bits per heavy atom. The van der Waals surface area contributed by atoms with Gasteiger partial charge in [0.25, 0.3) is 0 Å². The fourth-order valence-electron chi connectivity index (χ4n) is 9.68. The number of carbonyl (C=O) groups excluding carboxylic acids is 1. The number of fused-ring (bicyclic) bond motifs is 6. The van der Waals surface area contributed by atoms with E-state index in [9.17, 15) is 4.79 Å². The van der Waals surface area contributed by atoms with Crippen LogP contribution in [0.5, 0.6) is 6.01 Å². The van der Waals surface area contributed by atoms with Gasteiger partial charge in [0, 0.05) is 36.2 Å². The van der Waals surface area contributed by atoms with Crippen molar-refractivity contribution in [2.75, 3.05) is 44.3 Å². The van der Waals surface area contributed by atoms with Gasteiger partial charge in [-0.1, -0.05) is 36.9 Å². The zero-order valence-electron chi connectivity index (χ0n) is 25.4. The van der Waals surface area contributed by atoms with Crippen LogP contribution in [0.2, 0.25) is 0 Å². The molecule has 8 rings (SSSR count). The van der Waals surface area contributed by atoms with Crippen LogP contribution in [0.1, 0.15) is 80.2 Å². The Morgan fingerprint density at radius 3 is 2.58 bits per heavy atom. The second-order valence-corrected chi connectivity index (χ2v) is 14.0. The Hall–Kier alpha value is -3.13. The summed E-state index contributed by atoms with van der Waals surface area (Å²) in [7, 11) is 0. The monoisotopic (exact) mass is 583 g/mol. The summed E-state index contributed by atoms with van der Waals surface area (Å²) in [5, 5.41) is 0. The maximum atomic E-state index is 12.8. The highest BCUT2D eigenvalue weighted by Gasteiger charge is 2.48. The molecule has 2 bridgehead atoms. The topological polar surface area (TPSA) is 71.0 Å². The summed E-state index contributed by atoms with van der Waals surface area (Å²) in [4.78, 5) is 30.3. The predicted octanol–water partition coefficient (Wildman–Crippen LogP) is 5.22. The van der Waals surface area contributed by atoms with Crippen LogP contribution in [0.25, 0.3) is 0 Å². The summed E-state index contributed by atoms with van der Waals surface area (Å²) in [6.07, 6.45) is 15.1. The van der Waals surface area contributed by atoms with Crippen LogP contribution in [-0.2, 0) is 29.4 Å². The quantitative estimate of drug-likeness (QED) is 0.432. The number of rotatable bonds is 6. The van der Waals surface area contributed by atoms with E-state index in [0.717, 1.165) is 37.9 Å². The van der Waals surface area contributed by atoms with Gasteiger partial charge in [0.15, 0.2) is 0 Å². The van der Waals surface area contributed by atoms with Crippen LogP contribution in [-0.4, -0.2) is 82.9 Å². The highest BCUT2D eigenvalue weighted by Crippen LogP contribution is 2.49. The Kier molecular flexibility index (Phi) is 6.88. The standard InChI is InChI=1S/C35H45N5O3/c1-2-20-42-33(41)38-22-26-11-12-27(23-38)40(26)31-28-13-17-34(14-5-9-25-8-3-4-10-29(25)34)21-30(28)36-32(37-31)43-24-35-15-6-18-39(35)19-7-16-35/h2-4,8,10,26-27H,1,5-7,9,11-24H2/t26-,27+,34?. The zero-order valence-corrected chi connectivity index (χ0v) is 25.4. The minimum absolute atomic E-state index is 0.143. The van der Waals surface area contributed by atoms with Crippen LogP contribution in [0, 0.1) is 0 Å². The molecule has 1 aromatic carbocycles.